The number of para-hydroxylation sites is 2. The van der Waals surface area contributed by atoms with Crippen molar-refractivity contribution in [2.24, 2.45) is 0 Å². The van der Waals surface area contributed by atoms with Gasteiger partial charge < -0.3 is 10.6 Å². The summed E-state index contributed by atoms with van der Waals surface area (Å²) in [6.45, 7) is 8.32. The van der Waals surface area contributed by atoms with Crippen molar-refractivity contribution in [3.05, 3.63) is 80.9 Å². The Hall–Kier alpha value is -2.56. The third-order valence-electron chi connectivity index (χ3n) is 5.89. The van der Waals surface area contributed by atoms with E-state index in [2.05, 4.69) is 38.3 Å². The molecule has 4 nitrogen and oxygen atoms in total. The number of nitrogens with one attached hydrogen (secondary N) is 2. The lowest BCUT2D eigenvalue weighted by molar-refractivity contribution is -0.114. The van der Waals surface area contributed by atoms with E-state index in [1.807, 2.05) is 24.3 Å². The van der Waals surface area contributed by atoms with Crippen molar-refractivity contribution in [3.63, 3.8) is 0 Å². The molecule has 0 saturated heterocycles. The van der Waals surface area contributed by atoms with Gasteiger partial charge >= 0.3 is 0 Å². The van der Waals surface area contributed by atoms with Crippen LogP contribution in [0.4, 0.5) is 11.4 Å². The molecule has 0 aliphatic rings. The Balaban J connectivity index is 2.65. The van der Waals surface area contributed by atoms with Crippen LogP contribution in [0.15, 0.2) is 70.8 Å². The minimum absolute atomic E-state index is 0.163. The summed E-state index contributed by atoms with van der Waals surface area (Å²) < 4.78 is 0. The van der Waals surface area contributed by atoms with Gasteiger partial charge in [-0.15, -0.1) is 0 Å². The quantitative estimate of drug-likeness (QED) is 0.201. The second kappa shape index (κ2) is 15.5. The number of hydrogen-bond acceptors (Lipinski definition) is 2. The molecule has 0 atom stereocenters. The monoisotopic (exact) mass is 528 g/mol. The molecule has 2 rings (SSSR count). The summed E-state index contributed by atoms with van der Waals surface area (Å²) in [6, 6.07) is 14.5. The van der Waals surface area contributed by atoms with E-state index in [1.165, 1.54) is 0 Å². The highest BCUT2D eigenvalue weighted by Crippen LogP contribution is 2.33. The summed E-state index contributed by atoms with van der Waals surface area (Å²) in [4.78, 5) is 27.2. The predicted octanol–water partition coefficient (Wildman–Crippen LogP) is 9.36. The van der Waals surface area contributed by atoms with Gasteiger partial charge in [-0.1, -0.05) is 101 Å². The molecule has 0 bridgehead atoms. The highest BCUT2D eigenvalue weighted by atomic mass is 35.5. The zero-order valence-corrected chi connectivity index (χ0v) is 23.4. The second-order valence-corrected chi connectivity index (χ2v) is 9.60. The van der Waals surface area contributed by atoms with E-state index in [9.17, 15) is 9.59 Å². The molecular formula is C30H38Cl2N2O2. The normalized spacial score (nSPS) is 12.5. The Labute approximate surface area is 226 Å². The van der Waals surface area contributed by atoms with Crippen molar-refractivity contribution in [2.45, 2.75) is 79.1 Å². The molecule has 2 aromatic rings. The molecule has 2 amide bonds. The van der Waals surface area contributed by atoms with Gasteiger partial charge in [0.05, 0.1) is 21.4 Å². The summed E-state index contributed by atoms with van der Waals surface area (Å²) in [5.41, 5.74) is 4.57. The van der Waals surface area contributed by atoms with Crippen LogP contribution in [-0.2, 0) is 9.59 Å². The van der Waals surface area contributed by atoms with Crippen LogP contribution in [0.3, 0.4) is 0 Å². The van der Waals surface area contributed by atoms with Gasteiger partial charge in [-0.3, -0.25) is 9.59 Å². The van der Waals surface area contributed by atoms with Gasteiger partial charge in [0, 0.05) is 11.1 Å². The molecule has 0 heterocycles. The number of carbonyl (C=O) groups excluding carboxylic acids is 2. The summed E-state index contributed by atoms with van der Waals surface area (Å²) in [7, 11) is 0. The van der Waals surface area contributed by atoms with Crippen molar-refractivity contribution in [3.8, 4) is 0 Å². The first-order chi connectivity index (χ1) is 17.4. The third kappa shape index (κ3) is 8.25. The van der Waals surface area contributed by atoms with Gasteiger partial charge in [0.15, 0.2) is 0 Å². The lowest BCUT2D eigenvalue weighted by Crippen LogP contribution is -2.20. The number of allylic oxidation sites excluding steroid dienone is 2. The van der Waals surface area contributed by atoms with Gasteiger partial charge in [-0.2, -0.15) is 0 Å². The lowest BCUT2D eigenvalue weighted by Gasteiger charge is -2.22. The Morgan fingerprint density at radius 1 is 0.556 bits per heavy atom. The maximum atomic E-state index is 13.6. The zero-order valence-electron chi connectivity index (χ0n) is 21.8. The molecule has 2 aromatic carbocycles. The number of carbonyl (C=O) groups is 2. The van der Waals surface area contributed by atoms with Gasteiger partial charge in [0.1, 0.15) is 0 Å². The fraction of sp³-hybridized carbons (Fsp3) is 0.400. The van der Waals surface area contributed by atoms with E-state index in [4.69, 9.17) is 23.2 Å². The topological polar surface area (TPSA) is 58.2 Å². The van der Waals surface area contributed by atoms with Crippen LogP contribution < -0.4 is 10.6 Å². The Bertz CT molecular complexity index is 1020. The van der Waals surface area contributed by atoms with Crippen molar-refractivity contribution in [1.82, 2.24) is 0 Å². The molecule has 194 valence electrons. The minimum Gasteiger partial charge on any atom is -0.321 e. The Morgan fingerprint density at radius 2 is 0.861 bits per heavy atom. The third-order valence-corrected chi connectivity index (χ3v) is 6.54. The lowest BCUT2D eigenvalue weighted by atomic mass is 9.85. The first kappa shape index (κ1) is 29.7. The van der Waals surface area contributed by atoms with Gasteiger partial charge in [-0.25, -0.2) is 0 Å². The molecule has 0 fully saturated rings. The average molecular weight is 530 g/mol. The average Bonchev–Trinajstić information content (AvgIpc) is 2.86. The molecule has 0 unspecified atom stereocenters. The van der Waals surface area contributed by atoms with Crippen LogP contribution in [0.25, 0.3) is 0 Å². The number of amides is 2. The molecule has 0 radical (unpaired) electrons. The van der Waals surface area contributed by atoms with E-state index in [-0.39, 0.29) is 11.8 Å². The maximum absolute atomic E-state index is 13.6. The van der Waals surface area contributed by atoms with Crippen LogP contribution in [0.2, 0.25) is 10.0 Å². The molecule has 0 aromatic heterocycles. The number of halogens is 2. The predicted molar refractivity (Wildman–Crippen MR) is 154 cm³/mol. The van der Waals surface area contributed by atoms with Crippen molar-refractivity contribution in [1.29, 1.82) is 0 Å². The Kier molecular flexibility index (Phi) is 12.8. The molecular weight excluding hydrogens is 491 g/mol. The highest BCUT2D eigenvalue weighted by molar-refractivity contribution is 6.34. The van der Waals surface area contributed by atoms with E-state index in [0.717, 1.165) is 48.0 Å². The Morgan fingerprint density at radius 3 is 1.17 bits per heavy atom. The molecule has 0 spiro atoms. The van der Waals surface area contributed by atoms with E-state index in [1.54, 1.807) is 24.3 Å². The fourth-order valence-corrected chi connectivity index (χ4v) is 4.66. The van der Waals surface area contributed by atoms with Crippen LogP contribution in [-0.4, -0.2) is 11.8 Å². The fourth-order valence-electron chi connectivity index (χ4n) is 4.29. The van der Waals surface area contributed by atoms with E-state index in [0.29, 0.717) is 47.1 Å². The van der Waals surface area contributed by atoms with Crippen molar-refractivity contribution in [2.75, 3.05) is 10.6 Å². The number of hydrogen-bond donors (Lipinski definition) is 2. The van der Waals surface area contributed by atoms with Crippen molar-refractivity contribution < 1.29 is 9.59 Å². The van der Waals surface area contributed by atoms with Crippen LogP contribution in [0, 0.1) is 0 Å². The first-order valence-electron chi connectivity index (χ1n) is 12.9. The standard InChI is InChI=1S/C30H38Cl2N2O2/c1-5-13-21(23(15-7-3)29(35)33-27-19-11-9-17-25(27)31)22(14-6-2)24(16-8-4)30(36)34-28-20-12-10-18-26(28)32/h9-12,17-20H,5-8,13-16H2,1-4H3,(H,33,35)(H,34,36)/b23-21-,24-22-. The summed E-state index contributed by atoms with van der Waals surface area (Å²) in [5.74, 6) is -0.325. The number of anilines is 2. The minimum atomic E-state index is -0.163. The first-order valence-corrected chi connectivity index (χ1v) is 13.7. The van der Waals surface area contributed by atoms with Crippen LogP contribution in [0.1, 0.15) is 79.1 Å². The molecule has 0 aliphatic heterocycles. The molecule has 0 saturated carbocycles. The van der Waals surface area contributed by atoms with Crippen LogP contribution >= 0.6 is 23.2 Å². The summed E-state index contributed by atoms with van der Waals surface area (Å²) in [6.07, 6.45) is 6.01. The van der Waals surface area contributed by atoms with Gasteiger partial charge in [0.25, 0.3) is 11.8 Å². The molecule has 2 N–H and O–H groups in total. The largest absolute Gasteiger partial charge is 0.321 e. The van der Waals surface area contributed by atoms with Crippen LogP contribution in [0.5, 0.6) is 0 Å². The van der Waals surface area contributed by atoms with Crippen molar-refractivity contribution >= 4 is 46.4 Å². The van der Waals surface area contributed by atoms with E-state index < -0.39 is 0 Å². The maximum Gasteiger partial charge on any atom is 0.251 e. The second-order valence-electron chi connectivity index (χ2n) is 8.78. The highest BCUT2D eigenvalue weighted by Gasteiger charge is 2.23. The SMILES string of the molecule is CCC/C(C(=O)Nc1ccccc1Cl)=C(CCC)/C(CCC)=C(/CCC)C(=O)Nc1ccccc1Cl. The smallest absolute Gasteiger partial charge is 0.251 e. The molecule has 36 heavy (non-hydrogen) atoms. The van der Waals surface area contributed by atoms with Gasteiger partial charge in [0.2, 0.25) is 0 Å². The molecule has 6 heteroatoms. The number of rotatable bonds is 13. The summed E-state index contributed by atoms with van der Waals surface area (Å²) >= 11 is 12.6. The molecule has 0 aliphatic carbocycles. The summed E-state index contributed by atoms with van der Waals surface area (Å²) in [5, 5.41) is 7.01. The van der Waals surface area contributed by atoms with E-state index >= 15 is 0 Å². The zero-order chi connectivity index (χ0) is 26.5. The number of benzene rings is 2. The van der Waals surface area contributed by atoms with Gasteiger partial charge in [-0.05, 0) is 61.1 Å².